The number of hydrogen-bond donors (Lipinski definition) is 3. The van der Waals surface area contributed by atoms with Gasteiger partial charge in [0.1, 0.15) is 0 Å². The zero-order valence-corrected chi connectivity index (χ0v) is 14.0. The minimum atomic E-state index is -0.970. The lowest BCUT2D eigenvalue weighted by Gasteiger charge is -2.12. The van der Waals surface area contributed by atoms with E-state index in [9.17, 15) is 14.7 Å². The summed E-state index contributed by atoms with van der Waals surface area (Å²) in [5.74, 6) is -0.484. The zero-order valence-electron chi connectivity index (χ0n) is 14.0. The zero-order chi connectivity index (χ0) is 18.1. The third-order valence-electron chi connectivity index (χ3n) is 4.59. The topological polar surface area (TPSA) is 82.2 Å². The molecule has 130 valence electrons. The van der Waals surface area contributed by atoms with Gasteiger partial charge in [0.15, 0.2) is 0 Å². The molecule has 5 heteroatoms. The number of aromatic nitrogens is 1. The van der Waals surface area contributed by atoms with Crippen LogP contribution in [0.25, 0.3) is 11.1 Å². The Morgan fingerprint density at radius 2 is 1.85 bits per heavy atom. The van der Waals surface area contributed by atoms with Crippen LogP contribution in [0, 0.1) is 0 Å². The molecule has 26 heavy (non-hydrogen) atoms. The van der Waals surface area contributed by atoms with Gasteiger partial charge in [0.25, 0.3) is 5.56 Å². The smallest absolute Gasteiger partial charge is 0.337 e. The van der Waals surface area contributed by atoms with Crippen molar-refractivity contribution in [2.45, 2.75) is 18.8 Å². The summed E-state index contributed by atoms with van der Waals surface area (Å²) in [6.07, 6.45) is 3.79. The van der Waals surface area contributed by atoms with Crippen molar-refractivity contribution in [2.24, 2.45) is 0 Å². The highest BCUT2D eigenvalue weighted by atomic mass is 16.4. The van der Waals surface area contributed by atoms with E-state index in [1.165, 1.54) is 0 Å². The standard InChI is InChI=1S/C21H18N2O3/c24-20-17(14-4-2-1-3-5-14)11-16(12-22-20)23-19-9-8-15(13-6-7-13)10-18(19)21(25)26/h1-5,8-13,23H,6-7H2,(H,22,24)(H,25,26). The number of aromatic amines is 1. The van der Waals surface area contributed by atoms with E-state index in [1.807, 2.05) is 36.4 Å². The van der Waals surface area contributed by atoms with Gasteiger partial charge >= 0.3 is 5.97 Å². The highest BCUT2D eigenvalue weighted by molar-refractivity contribution is 5.95. The summed E-state index contributed by atoms with van der Waals surface area (Å²) in [7, 11) is 0. The molecule has 1 aliphatic carbocycles. The third kappa shape index (κ3) is 3.24. The predicted octanol–water partition coefficient (Wildman–Crippen LogP) is 4.36. The molecule has 0 atom stereocenters. The molecular weight excluding hydrogens is 328 g/mol. The predicted molar refractivity (Wildman–Crippen MR) is 101 cm³/mol. The number of anilines is 2. The van der Waals surface area contributed by atoms with Crippen LogP contribution in [0.5, 0.6) is 0 Å². The van der Waals surface area contributed by atoms with Gasteiger partial charge in [-0.1, -0.05) is 36.4 Å². The maximum absolute atomic E-state index is 12.1. The van der Waals surface area contributed by atoms with Crippen LogP contribution < -0.4 is 10.9 Å². The van der Waals surface area contributed by atoms with Crippen LogP contribution in [-0.2, 0) is 0 Å². The van der Waals surface area contributed by atoms with Crippen molar-refractivity contribution in [3.05, 3.63) is 82.3 Å². The third-order valence-corrected chi connectivity index (χ3v) is 4.59. The largest absolute Gasteiger partial charge is 0.478 e. The van der Waals surface area contributed by atoms with Gasteiger partial charge in [-0.2, -0.15) is 0 Å². The number of pyridine rings is 1. The molecule has 4 rings (SSSR count). The minimum absolute atomic E-state index is 0.190. The summed E-state index contributed by atoms with van der Waals surface area (Å²) in [6, 6.07) is 16.6. The molecule has 2 aromatic carbocycles. The van der Waals surface area contributed by atoms with Crippen LogP contribution in [0.1, 0.15) is 34.7 Å². The number of carbonyl (C=O) groups is 1. The van der Waals surface area contributed by atoms with E-state index in [0.717, 1.165) is 24.0 Å². The monoisotopic (exact) mass is 346 g/mol. The first-order valence-electron chi connectivity index (χ1n) is 8.54. The number of rotatable bonds is 5. The maximum Gasteiger partial charge on any atom is 0.337 e. The molecule has 1 aromatic heterocycles. The molecule has 5 nitrogen and oxygen atoms in total. The summed E-state index contributed by atoms with van der Waals surface area (Å²) in [5, 5.41) is 12.7. The van der Waals surface area contributed by atoms with Crippen LogP contribution in [0.4, 0.5) is 11.4 Å². The van der Waals surface area contributed by atoms with Crippen molar-refractivity contribution in [2.75, 3.05) is 5.32 Å². The molecular formula is C21H18N2O3. The average Bonchev–Trinajstić information content (AvgIpc) is 3.49. The van der Waals surface area contributed by atoms with Gasteiger partial charge in [0, 0.05) is 11.8 Å². The van der Waals surface area contributed by atoms with Crippen LogP contribution in [-0.4, -0.2) is 16.1 Å². The first-order chi connectivity index (χ1) is 12.6. The number of carboxylic acid groups (broad SMARTS) is 1. The Bertz CT molecular complexity index is 1020. The number of benzene rings is 2. The fourth-order valence-corrected chi connectivity index (χ4v) is 3.06. The second-order valence-electron chi connectivity index (χ2n) is 6.51. The number of H-pyrrole nitrogens is 1. The number of carboxylic acids is 1. The average molecular weight is 346 g/mol. The van der Waals surface area contributed by atoms with E-state index in [2.05, 4.69) is 10.3 Å². The van der Waals surface area contributed by atoms with Crippen LogP contribution in [0.2, 0.25) is 0 Å². The van der Waals surface area contributed by atoms with Crippen LogP contribution >= 0.6 is 0 Å². The fourth-order valence-electron chi connectivity index (χ4n) is 3.06. The van der Waals surface area contributed by atoms with Crippen LogP contribution in [0.3, 0.4) is 0 Å². The van der Waals surface area contributed by atoms with Crippen molar-refractivity contribution in [3.8, 4) is 11.1 Å². The van der Waals surface area contributed by atoms with E-state index in [-0.39, 0.29) is 11.1 Å². The molecule has 1 aliphatic rings. The van der Waals surface area contributed by atoms with Gasteiger partial charge in [-0.05, 0) is 48.1 Å². The molecule has 0 amide bonds. The number of aromatic carboxylic acids is 1. The summed E-state index contributed by atoms with van der Waals surface area (Å²) in [5.41, 5.74) is 3.59. The van der Waals surface area contributed by atoms with Gasteiger partial charge in [0.05, 0.1) is 16.9 Å². The summed E-state index contributed by atoms with van der Waals surface area (Å²) in [4.78, 5) is 26.5. The molecule has 0 unspecified atom stereocenters. The van der Waals surface area contributed by atoms with Crippen LogP contribution in [0.15, 0.2) is 65.6 Å². The lowest BCUT2D eigenvalue weighted by Crippen LogP contribution is -2.10. The minimum Gasteiger partial charge on any atom is -0.478 e. The lowest BCUT2D eigenvalue weighted by molar-refractivity contribution is 0.0698. The normalized spacial score (nSPS) is 13.4. The lowest BCUT2D eigenvalue weighted by atomic mass is 10.0. The molecule has 0 aliphatic heterocycles. The molecule has 0 radical (unpaired) electrons. The Hall–Kier alpha value is -3.34. The van der Waals surface area contributed by atoms with E-state index < -0.39 is 5.97 Å². The molecule has 1 fully saturated rings. The molecule has 3 N–H and O–H groups in total. The summed E-state index contributed by atoms with van der Waals surface area (Å²) in [6.45, 7) is 0. The molecule has 0 spiro atoms. The van der Waals surface area contributed by atoms with E-state index in [0.29, 0.717) is 22.9 Å². The van der Waals surface area contributed by atoms with Gasteiger partial charge in [-0.15, -0.1) is 0 Å². The summed E-state index contributed by atoms with van der Waals surface area (Å²) >= 11 is 0. The second-order valence-corrected chi connectivity index (χ2v) is 6.51. The Morgan fingerprint density at radius 1 is 1.08 bits per heavy atom. The van der Waals surface area contributed by atoms with E-state index in [4.69, 9.17) is 0 Å². The number of nitrogens with one attached hydrogen (secondary N) is 2. The molecule has 0 saturated heterocycles. The quantitative estimate of drug-likeness (QED) is 0.641. The Morgan fingerprint density at radius 3 is 2.54 bits per heavy atom. The van der Waals surface area contributed by atoms with Crippen molar-refractivity contribution in [1.82, 2.24) is 4.98 Å². The highest BCUT2D eigenvalue weighted by Gasteiger charge is 2.25. The first-order valence-corrected chi connectivity index (χ1v) is 8.54. The Balaban J connectivity index is 1.69. The van der Waals surface area contributed by atoms with Gasteiger partial charge in [-0.25, -0.2) is 4.79 Å². The van der Waals surface area contributed by atoms with Crippen molar-refractivity contribution < 1.29 is 9.90 Å². The van der Waals surface area contributed by atoms with E-state index in [1.54, 1.807) is 24.4 Å². The van der Waals surface area contributed by atoms with Gasteiger partial charge in [-0.3, -0.25) is 4.79 Å². The maximum atomic E-state index is 12.1. The fraction of sp³-hybridized carbons (Fsp3) is 0.143. The van der Waals surface area contributed by atoms with Gasteiger partial charge < -0.3 is 15.4 Å². The summed E-state index contributed by atoms with van der Waals surface area (Å²) < 4.78 is 0. The van der Waals surface area contributed by atoms with Crippen molar-refractivity contribution in [3.63, 3.8) is 0 Å². The van der Waals surface area contributed by atoms with Gasteiger partial charge in [0.2, 0.25) is 0 Å². The second kappa shape index (κ2) is 6.52. The van der Waals surface area contributed by atoms with Crippen molar-refractivity contribution in [1.29, 1.82) is 0 Å². The van der Waals surface area contributed by atoms with Crippen molar-refractivity contribution >= 4 is 17.3 Å². The Kier molecular flexibility index (Phi) is 4.05. The first kappa shape index (κ1) is 16.1. The highest BCUT2D eigenvalue weighted by Crippen LogP contribution is 2.41. The molecule has 3 aromatic rings. The Labute approximate surface area is 150 Å². The molecule has 0 bridgehead atoms. The SMILES string of the molecule is O=C(O)c1cc(C2CC2)ccc1Nc1c[nH]c(=O)c(-c2ccccc2)c1. The number of hydrogen-bond acceptors (Lipinski definition) is 3. The van der Waals surface area contributed by atoms with E-state index >= 15 is 0 Å². The molecule has 1 heterocycles. The molecule has 1 saturated carbocycles.